The number of nitrogens with zero attached hydrogens (tertiary/aromatic N) is 3. The zero-order chi connectivity index (χ0) is 19.0. The first-order chi connectivity index (χ1) is 13.0. The molecule has 7 heteroatoms. The SMILES string of the molecule is COC(=O)N1CCC(C)(N2CCC(N3C(=O)N[C@H]4CCCC[C@@H]43)CC2)CC1. The summed E-state index contributed by atoms with van der Waals surface area (Å²) in [5.41, 5.74) is 0.149. The lowest BCUT2D eigenvalue weighted by molar-refractivity contribution is 0.00273. The maximum Gasteiger partial charge on any atom is 0.409 e. The third kappa shape index (κ3) is 3.50. The number of amides is 3. The highest BCUT2D eigenvalue weighted by atomic mass is 16.5. The normalized spacial score (nSPS) is 32.1. The van der Waals surface area contributed by atoms with Crippen molar-refractivity contribution in [2.24, 2.45) is 0 Å². The Morgan fingerprint density at radius 3 is 2.41 bits per heavy atom. The highest BCUT2D eigenvalue weighted by molar-refractivity contribution is 5.78. The van der Waals surface area contributed by atoms with Crippen LogP contribution in [0.15, 0.2) is 0 Å². The van der Waals surface area contributed by atoms with Crippen molar-refractivity contribution < 1.29 is 14.3 Å². The zero-order valence-electron chi connectivity index (χ0n) is 16.8. The number of rotatable bonds is 2. The summed E-state index contributed by atoms with van der Waals surface area (Å²) in [5.74, 6) is 0. The molecular weight excluding hydrogens is 344 g/mol. The van der Waals surface area contributed by atoms with Crippen molar-refractivity contribution in [1.29, 1.82) is 0 Å². The highest BCUT2D eigenvalue weighted by Gasteiger charge is 2.46. The van der Waals surface area contributed by atoms with E-state index >= 15 is 0 Å². The van der Waals surface area contributed by atoms with E-state index in [1.54, 1.807) is 0 Å². The van der Waals surface area contributed by atoms with Gasteiger partial charge >= 0.3 is 12.1 Å². The number of hydrogen-bond acceptors (Lipinski definition) is 4. The number of fused-ring (bicyclic) bond motifs is 1. The lowest BCUT2D eigenvalue weighted by atomic mass is 9.85. The van der Waals surface area contributed by atoms with Gasteiger partial charge in [0.2, 0.25) is 0 Å². The van der Waals surface area contributed by atoms with Crippen LogP contribution in [0.2, 0.25) is 0 Å². The van der Waals surface area contributed by atoms with Gasteiger partial charge in [-0.3, -0.25) is 4.90 Å². The Hall–Kier alpha value is -1.50. The van der Waals surface area contributed by atoms with Crippen molar-refractivity contribution in [1.82, 2.24) is 20.0 Å². The second kappa shape index (κ2) is 7.49. The van der Waals surface area contributed by atoms with Gasteiger partial charge in [0.25, 0.3) is 0 Å². The van der Waals surface area contributed by atoms with Crippen molar-refractivity contribution in [2.45, 2.75) is 82.0 Å². The first-order valence-corrected chi connectivity index (χ1v) is 10.7. The maximum absolute atomic E-state index is 12.6. The third-order valence-electron chi connectivity index (χ3n) is 7.52. The second-order valence-corrected chi connectivity index (χ2v) is 8.99. The molecule has 4 aliphatic rings. The van der Waals surface area contributed by atoms with Crippen LogP contribution in [0.1, 0.15) is 58.3 Å². The van der Waals surface area contributed by atoms with Gasteiger partial charge in [-0.25, -0.2) is 9.59 Å². The number of likely N-dealkylation sites (tertiary alicyclic amines) is 2. The minimum Gasteiger partial charge on any atom is -0.453 e. The molecule has 152 valence electrons. The van der Waals surface area contributed by atoms with Crippen LogP contribution in [0.5, 0.6) is 0 Å². The van der Waals surface area contributed by atoms with Crippen LogP contribution in [0.3, 0.4) is 0 Å². The van der Waals surface area contributed by atoms with Gasteiger partial charge in [0, 0.05) is 37.8 Å². The van der Waals surface area contributed by atoms with E-state index in [0.29, 0.717) is 18.1 Å². The highest BCUT2D eigenvalue weighted by Crippen LogP contribution is 2.35. The molecule has 1 aliphatic carbocycles. The van der Waals surface area contributed by atoms with Crippen molar-refractivity contribution >= 4 is 12.1 Å². The molecule has 4 fully saturated rings. The van der Waals surface area contributed by atoms with Crippen LogP contribution < -0.4 is 5.32 Å². The largest absolute Gasteiger partial charge is 0.453 e. The molecule has 0 bridgehead atoms. The summed E-state index contributed by atoms with van der Waals surface area (Å²) in [6.45, 7) is 5.95. The second-order valence-electron chi connectivity index (χ2n) is 8.99. The minimum absolute atomic E-state index is 0.149. The Morgan fingerprint density at radius 2 is 1.74 bits per heavy atom. The third-order valence-corrected chi connectivity index (χ3v) is 7.52. The zero-order valence-corrected chi connectivity index (χ0v) is 16.8. The number of methoxy groups -OCH3 is 1. The fraction of sp³-hybridized carbons (Fsp3) is 0.900. The summed E-state index contributed by atoms with van der Waals surface area (Å²) in [5, 5.41) is 3.23. The summed E-state index contributed by atoms with van der Waals surface area (Å²) in [4.78, 5) is 30.9. The lowest BCUT2D eigenvalue weighted by Gasteiger charge is -2.50. The quantitative estimate of drug-likeness (QED) is 0.801. The van der Waals surface area contributed by atoms with Gasteiger partial charge in [0.1, 0.15) is 0 Å². The van der Waals surface area contributed by atoms with Crippen LogP contribution in [-0.4, -0.2) is 83.8 Å². The topological polar surface area (TPSA) is 65.1 Å². The molecule has 0 spiro atoms. The Bertz CT molecular complexity index is 568. The number of piperidine rings is 2. The summed E-state index contributed by atoms with van der Waals surface area (Å²) >= 11 is 0. The molecule has 3 saturated heterocycles. The van der Waals surface area contributed by atoms with Crippen LogP contribution in [0.25, 0.3) is 0 Å². The molecule has 0 aromatic rings. The molecular formula is C20H34N4O3. The first kappa shape index (κ1) is 18.8. The van der Waals surface area contributed by atoms with Crippen LogP contribution in [0.4, 0.5) is 9.59 Å². The molecule has 1 N–H and O–H groups in total. The van der Waals surface area contributed by atoms with E-state index in [1.807, 2.05) is 4.90 Å². The number of nitrogens with one attached hydrogen (secondary N) is 1. The summed E-state index contributed by atoms with van der Waals surface area (Å²) in [6.07, 6.45) is 8.68. The van der Waals surface area contributed by atoms with Gasteiger partial charge in [-0.2, -0.15) is 0 Å². The van der Waals surface area contributed by atoms with Gasteiger partial charge in [0.15, 0.2) is 0 Å². The van der Waals surface area contributed by atoms with E-state index in [4.69, 9.17) is 4.74 Å². The molecule has 0 radical (unpaired) electrons. The average molecular weight is 379 g/mol. The predicted octanol–water partition coefficient (Wildman–Crippen LogP) is 2.41. The number of carbonyl (C=O) groups excluding carboxylic acids is 2. The Kier molecular flexibility index (Phi) is 5.23. The Balaban J connectivity index is 1.33. The van der Waals surface area contributed by atoms with Gasteiger partial charge in [-0.15, -0.1) is 0 Å². The average Bonchev–Trinajstić information content (AvgIpc) is 3.04. The summed E-state index contributed by atoms with van der Waals surface area (Å²) in [6, 6.07) is 1.35. The van der Waals surface area contributed by atoms with Crippen LogP contribution >= 0.6 is 0 Å². The van der Waals surface area contributed by atoms with Gasteiger partial charge < -0.3 is 19.9 Å². The number of hydrogen-bond donors (Lipinski definition) is 1. The monoisotopic (exact) mass is 378 g/mol. The van der Waals surface area contributed by atoms with E-state index in [9.17, 15) is 9.59 Å². The van der Waals surface area contributed by atoms with E-state index in [1.165, 1.54) is 20.0 Å². The molecule has 7 nitrogen and oxygen atoms in total. The summed E-state index contributed by atoms with van der Waals surface area (Å²) < 4.78 is 4.86. The fourth-order valence-electron chi connectivity index (χ4n) is 5.73. The molecule has 0 unspecified atom stereocenters. The van der Waals surface area contributed by atoms with Gasteiger partial charge in [-0.1, -0.05) is 12.8 Å². The predicted molar refractivity (Wildman–Crippen MR) is 103 cm³/mol. The smallest absolute Gasteiger partial charge is 0.409 e. The Labute approximate surface area is 162 Å². The van der Waals surface area contributed by atoms with E-state index in [-0.39, 0.29) is 17.7 Å². The van der Waals surface area contributed by atoms with Crippen molar-refractivity contribution in [3.05, 3.63) is 0 Å². The molecule has 1 saturated carbocycles. The lowest BCUT2D eigenvalue weighted by Crippen LogP contribution is -2.58. The van der Waals surface area contributed by atoms with Gasteiger partial charge in [0.05, 0.1) is 19.2 Å². The first-order valence-electron chi connectivity index (χ1n) is 10.7. The van der Waals surface area contributed by atoms with E-state index in [2.05, 4.69) is 22.0 Å². The molecule has 3 heterocycles. The number of carbonyl (C=O) groups is 2. The van der Waals surface area contributed by atoms with Crippen molar-refractivity contribution in [3.63, 3.8) is 0 Å². The van der Waals surface area contributed by atoms with Gasteiger partial charge in [-0.05, 0) is 45.4 Å². The Morgan fingerprint density at radius 1 is 1.07 bits per heavy atom. The fourth-order valence-corrected chi connectivity index (χ4v) is 5.73. The standard InChI is InChI=1S/C20H34N4O3/c1-20(9-13-22(14-10-20)19(26)27-2)23-11-7-15(8-12-23)24-17-6-4-3-5-16(17)21-18(24)25/h15-17H,3-14H2,1-2H3,(H,21,25)/t16-,17-/m0/s1. The number of urea groups is 1. The molecule has 2 atom stereocenters. The molecule has 4 rings (SSSR count). The van der Waals surface area contributed by atoms with E-state index < -0.39 is 0 Å². The number of ether oxygens (including phenoxy) is 1. The molecule has 0 aromatic heterocycles. The van der Waals surface area contributed by atoms with E-state index in [0.717, 1.165) is 64.7 Å². The van der Waals surface area contributed by atoms with Crippen molar-refractivity contribution in [3.8, 4) is 0 Å². The van der Waals surface area contributed by atoms with Crippen LogP contribution in [0, 0.1) is 0 Å². The van der Waals surface area contributed by atoms with Crippen LogP contribution in [-0.2, 0) is 4.74 Å². The summed E-state index contributed by atoms with van der Waals surface area (Å²) in [7, 11) is 1.45. The van der Waals surface area contributed by atoms with Crippen molar-refractivity contribution in [2.75, 3.05) is 33.3 Å². The molecule has 0 aromatic carbocycles. The molecule has 3 amide bonds. The molecule has 27 heavy (non-hydrogen) atoms. The maximum atomic E-state index is 12.6. The minimum atomic E-state index is -0.210. The molecule has 3 aliphatic heterocycles.